The van der Waals surface area contributed by atoms with E-state index in [1.165, 1.54) is 11.1 Å². The zero-order chi connectivity index (χ0) is 33.6. The third-order valence-electron chi connectivity index (χ3n) is 10.3. The molecule has 1 aliphatic carbocycles. The Bertz CT molecular complexity index is 2000. The zero-order valence-electron chi connectivity index (χ0n) is 28.3. The maximum absolute atomic E-state index is 13.6. The fraction of sp³-hybridized carbons (Fsp3) is 0.395. The Kier molecular flexibility index (Phi) is 8.74. The monoisotopic (exact) mass is 634 g/mol. The van der Waals surface area contributed by atoms with Crippen LogP contribution in [0.15, 0.2) is 18.0 Å². The number of amides is 2. The number of allylic oxidation sites excluding steroid dienone is 3. The van der Waals surface area contributed by atoms with Crippen molar-refractivity contribution >= 4 is 47.5 Å². The number of aromatic amines is 3. The second kappa shape index (κ2) is 12.8. The lowest BCUT2D eigenvalue weighted by Crippen LogP contribution is -2.34. The summed E-state index contributed by atoms with van der Waals surface area (Å²) in [6.45, 7) is 17.4. The van der Waals surface area contributed by atoms with E-state index in [-0.39, 0.29) is 29.4 Å². The molecule has 3 aliphatic rings. The van der Waals surface area contributed by atoms with Crippen molar-refractivity contribution in [2.75, 3.05) is 13.1 Å². The molecule has 2 unspecified atom stereocenters. The van der Waals surface area contributed by atoms with Gasteiger partial charge in [0.1, 0.15) is 0 Å². The standard InChI is InChI=1S/C38H46N6O3/c1-8-23-19(4)27-16-29-21(6)25(11-12-35(47)40-14-13-39-34(46)10-3)37(43-29)26-15-33(45)36-22(7)30(44-38(26)36)18-32-24(9-2)20(5)28(42-32)17-31(23)41-27/h8,16-18,21,25,41-44H,1,9-15H2,2-7H3,(H,39,46)(H,40,47). The largest absolute Gasteiger partial charge is 0.361 e. The first-order chi connectivity index (χ1) is 22.6. The number of H-pyrrole nitrogens is 3. The van der Waals surface area contributed by atoms with Crippen molar-refractivity contribution in [2.45, 2.75) is 73.6 Å². The molecule has 246 valence electrons. The van der Waals surface area contributed by atoms with Crippen LogP contribution in [-0.4, -0.2) is 45.6 Å². The minimum absolute atomic E-state index is 0.00678. The van der Waals surface area contributed by atoms with Crippen molar-refractivity contribution in [3.63, 3.8) is 0 Å². The first kappa shape index (κ1) is 32.2. The van der Waals surface area contributed by atoms with Crippen molar-refractivity contribution in [3.05, 3.63) is 84.8 Å². The van der Waals surface area contributed by atoms with Crippen LogP contribution in [0.5, 0.6) is 0 Å². The van der Waals surface area contributed by atoms with Gasteiger partial charge in [0.15, 0.2) is 5.78 Å². The Morgan fingerprint density at radius 2 is 1.62 bits per heavy atom. The van der Waals surface area contributed by atoms with Gasteiger partial charge in [-0.05, 0) is 74.1 Å². The predicted molar refractivity (Wildman–Crippen MR) is 188 cm³/mol. The summed E-state index contributed by atoms with van der Waals surface area (Å²) in [4.78, 5) is 49.0. The minimum Gasteiger partial charge on any atom is -0.361 e. The van der Waals surface area contributed by atoms with E-state index in [0.717, 1.165) is 79.1 Å². The van der Waals surface area contributed by atoms with Gasteiger partial charge in [-0.25, -0.2) is 0 Å². The minimum atomic E-state index is -0.0536. The molecule has 3 aromatic rings. The molecule has 8 bridgehead atoms. The molecule has 5 heterocycles. The van der Waals surface area contributed by atoms with E-state index < -0.39 is 0 Å². The van der Waals surface area contributed by atoms with Crippen LogP contribution in [0.3, 0.4) is 0 Å². The molecule has 0 aromatic carbocycles. The maximum atomic E-state index is 13.6. The number of hydrogen-bond donors (Lipinski definition) is 6. The Hall–Kier alpha value is -4.79. The third-order valence-corrected chi connectivity index (χ3v) is 10.3. The molecule has 6 N–H and O–H groups in total. The van der Waals surface area contributed by atoms with Crippen molar-refractivity contribution in [1.82, 2.24) is 30.9 Å². The highest BCUT2D eigenvalue weighted by molar-refractivity contribution is 6.13. The normalized spacial score (nSPS) is 18.0. The molecule has 0 spiro atoms. The van der Waals surface area contributed by atoms with Gasteiger partial charge in [-0.2, -0.15) is 0 Å². The number of aromatic nitrogens is 3. The molecule has 3 aromatic heterocycles. The van der Waals surface area contributed by atoms with Crippen LogP contribution in [0.4, 0.5) is 0 Å². The average molecular weight is 635 g/mol. The molecule has 6 rings (SSSR count). The van der Waals surface area contributed by atoms with E-state index in [4.69, 9.17) is 0 Å². The van der Waals surface area contributed by atoms with Gasteiger partial charge in [0.05, 0.1) is 5.69 Å². The lowest BCUT2D eigenvalue weighted by molar-refractivity contribution is -0.122. The number of rotatable bonds is 9. The van der Waals surface area contributed by atoms with Crippen LogP contribution in [0.1, 0.15) is 107 Å². The summed E-state index contributed by atoms with van der Waals surface area (Å²) >= 11 is 0. The molecule has 2 amide bonds. The van der Waals surface area contributed by atoms with Crippen LogP contribution in [0.2, 0.25) is 0 Å². The second-order valence-corrected chi connectivity index (χ2v) is 13.0. The highest BCUT2D eigenvalue weighted by Gasteiger charge is 2.39. The third kappa shape index (κ3) is 5.72. The molecule has 0 saturated carbocycles. The van der Waals surface area contributed by atoms with Gasteiger partial charge in [-0.1, -0.05) is 33.4 Å². The number of nitrogens with one attached hydrogen (secondary N) is 6. The summed E-state index contributed by atoms with van der Waals surface area (Å²) in [5.41, 5.74) is 13.1. The first-order valence-corrected chi connectivity index (χ1v) is 16.8. The van der Waals surface area contributed by atoms with Crippen LogP contribution in [-0.2, 0) is 16.0 Å². The van der Waals surface area contributed by atoms with Crippen molar-refractivity contribution < 1.29 is 14.4 Å². The summed E-state index contributed by atoms with van der Waals surface area (Å²) in [5, 5.41) is 11.6. The highest BCUT2D eigenvalue weighted by atomic mass is 16.2. The molecule has 9 nitrogen and oxygen atoms in total. The molecular formula is C38H46N6O3. The van der Waals surface area contributed by atoms with E-state index in [0.29, 0.717) is 38.8 Å². The topological polar surface area (TPSA) is 135 Å². The van der Waals surface area contributed by atoms with Gasteiger partial charge >= 0.3 is 0 Å². The summed E-state index contributed by atoms with van der Waals surface area (Å²) in [7, 11) is 0. The number of carbonyl (C=O) groups is 3. The number of carbonyl (C=O) groups excluding carboxylic acids is 3. The van der Waals surface area contributed by atoms with E-state index in [2.05, 4.69) is 83.4 Å². The summed E-state index contributed by atoms with van der Waals surface area (Å²) in [6.07, 6.45) is 10.9. The first-order valence-electron chi connectivity index (χ1n) is 16.8. The second-order valence-electron chi connectivity index (χ2n) is 13.0. The lowest BCUT2D eigenvalue weighted by atomic mass is 9.86. The number of ketones is 1. The molecule has 0 radical (unpaired) electrons. The van der Waals surface area contributed by atoms with Crippen molar-refractivity contribution in [1.29, 1.82) is 0 Å². The number of hydrogen-bond acceptors (Lipinski definition) is 4. The van der Waals surface area contributed by atoms with E-state index in [1.54, 1.807) is 6.92 Å². The molecule has 2 aliphatic heterocycles. The molecule has 1 saturated heterocycles. The van der Waals surface area contributed by atoms with Crippen LogP contribution in [0.25, 0.3) is 29.9 Å². The quantitative estimate of drug-likeness (QED) is 0.195. The Morgan fingerprint density at radius 1 is 0.915 bits per heavy atom. The Labute approximate surface area is 275 Å². The van der Waals surface area contributed by atoms with E-state index >= 15 is 0 Å². The lowest BCUT2D eigenvalue weighted by Gasteiger charge is -2.17. The summed E-state index contributed by atoms with van der Waals surface area (Å²) in [6, 6.07) is 0. The fourth-order valence-corrected chi connectivity index (χ4v) is 7.51. The highest BCUT2D eigenvalue weighted by Crippen LogP contribution is 2.45. The Morgan fingerprint density at radius 3 is 2.32 bits per heavy atom. The van der Waals surface area contributed by atoms with Gasteiger partial charge in [0, 0.05) is 100 Å². The van der Waals surface area contributed by atoms with Gasteiger partial charge in [0.25, 0.3) is 0 Å². The smallest absolute Gasteiger partial charge is 0.220 e. The Balaban J connectivity index is 1.47. The molecule has 2 atom stereocenters. The maximum Gasteiger partial charge on any atom is 0.220 e. The SMILES string of the molecule is C=Cc1c2[nH]c(c1C)C=C1NC(=C3CC(=O)c4c3[nH]c(c4C)C=c3[nH]c(c(C)c3CC)=C2)C(CCC(=O)NCCNC(=O)CC)C1C. The van der Waals surface area contributed by atoms with E-state index in [1.807, 2.05) is 13.0 Å². The van der Waals surface area contributed by atoms with Crippen molar-refractivity contribution in [3.8, 4) is 0 Å². The summed E-state index contributed by atoms with van der Waals surface area (Å²) in [5.74, 6) is 0.110. The van der Waals surface area contributed by atoms with Crippen LogP contribution in [0, 0.1) is 32.6 Å². The molecule has 47 heavy (non-hydrogen) atoms. The van der Waals surface area contributed by atoms with Gasteiger partial charge in [-0.3, -0.25) is 14.4 Å². The molecule has 9 heteroatoms. The predicted octanol–water partition coefficient (Wildman–Crippen LogP) is 4.39. The number of Topliss-reactive ketones (excluding diaryl/α,β-unsaturated/α-hetero) is 1. The average Bonchev–Trinajstić information content (AvgIpc) is 3.80. The molecular weight excluding hydrogens is 588 g/mol. The van der Waals surface area contributed by atoms with Gasteiger partial charge in [-0.15, -0.1) is 0 Å². The van der Waals surface area contributed by atoms with E-state index in [9.17, 15) is 14.4 Å². The number of fused-ring (bicyclic) bond motifs is 7. The summed E-state index contributed by atoms with van der Waals surface area (Å²) < 4.78 is 0. The van der Waals surface area contributed by atoms with Crippen LogP contribution < -0.4 is 26.6 Å². The van der Waals surface area contributed by atoms with Crippen LogP contribution >= 0.6 is 0 Å². The molecule has 1 fully saturated rings. The fourth-order valence-electron chi connectivity index (χ4n) is 7.51. The van der Waals surface area contributed by atoms with Gasteiger partial charge < -0.3 is 30.9 Å². The van der Waals surface area contributed by atoms with Gasteiger partial charge in [0.2, 0.25) is 11.8 Å². The zero-order valence-corrected chi connectivity index (χ0v) is 28.3. The van der Waals surface area contributed by atoms with Crippen molar-refractivity contribution in [2.24, 2.45) is 11.8 Å².